The van der Waals surface area contributed by atoms with Gasteiger partial charge in [-0.15, -0.1) is 0 Å². The van der Waals surface area contributed by atoms with E-state index in [9.17, 15) is 4.79 Å². The van der Waals surface area contributed by atoms with Gasteiger partial charge in [0.15, 0.2) is 0 Å². The third kappa shape index (κ3) is 4.12. The number of nitrogens with zero attached hydrogens (tertiary/aromatic N) is 2. The Labute approximate surface area is 149 Å². The van der Waals surface area contributed by atoms with Gasteiger partial charge in [0.1, 0.15) is 5.75 Å². The third-order valence-electron chi connectivity index (χ3n) is 4.78. The van der Waals surface area contributed by atoms with Gasteiger partial charge in [-0.05, 0) is 17.7 Å². The standard InChI is InChI=1S/C20H25N3O2/c1-25-19-10-6-5-9-18(19)23-13-11-22(12-14-23)15-17(20(21)24)16-7-3-2-4-8-16/h2-10,17H,11-15H2,1H3,(H2,21,24). The van der Waals surface area contributed by atoms with Crippen molar-refractivity contribution in [2.75, 3.05) is 44.7 Å². The van der Waals surface area contributed by atoms with Crippen molar-refractivity contribution < 1.29 is 9.53 Å². The zero-order chi connectivity index (χ0) is 17.6. The number of benzene rings is 2. The van der Waals surface area contributed by atoms with E-state index in [4.69, 9.17) is 10.5 Å². The first kappa shape index (κ1) is 17.3. The molecule has 1 amide bonds. The van der Waals surface area contributed by atoms with Gasteiger partial charge < -0.3 is 15.4 Å². The molecule has 0 radical (unpaired) electrons. The van der Waals surface area contributed by atoms with Crippen LogP contribution in [0.4, 0.5) is 5.69 Å². The molecule has 1 aliphatic rings. The summed E-state index contributed by atoms with van der Waals surface area (Å²) in [4.78, 5) is 16.6. The first-order chi connectivity index (χ1) is 12.2. The van der Waals surface area contributed by atoms with Crippen LogP contribution in [0.25, 0.3) is 0 Å². The van der Waals surface area contributed by atoms with Gasteiger partial charge in [-0.3, -0.25) is 9.69 Å². The maximum absolute atomic E-state index is 11.9. The molecule has 5 heteroatoms. The van der Waals surface area contributed by atoms with E-state index in [1.807, 2.05) is 48.5 Å². The average molecular weight is 339 g/mol. The molecule has 1 aliphatic heterocycles. The summed E-state index contributed by atoms with van der Waals surface area (Å²) in [5, 5.41) is 0. The van der Waals surface area contributed by atoms with E-state index >= 15 is 0 Å². The minimum atomic E-state index is -0.265. The highest BCUT2D eigenvalue weighted by atomic mass is 16.5. The SMILES string of the molecule is COc1ccccc1N1CCN(CC(C(N)=O)c2ccccc2)CC1. The fourth-order valence-electron chi connectivity index (χ4n) is 3.37. The molecule has 5 nitrogen and oxygen atoms in total. The van der Waals surface area contributed by atoms with Crippen molar-refractivity contribution in [3.05, 3.63) is 60.2 Å². The molecule has 0 aromatic heterocycles. The molecule has 3 rings (SSSR count). The fourth-order valence-corrected chi connectivity index (χ4v) is 3.37. The molecule has 2 N–H and O–H groups in total. The first-order valence-electron chi connectivity index (χ1n) is 8.63. The number of carbonyl (C=O) groups is 1. The van der Waals surface area contributed by atoms with Crippen LogP contribution in [-0.2, 0) is 4.79 Å². The predicted octanol–water partition coefficient (Wildman–Crippen LogP) is 2.09. The molecule has 1 unspecified atom stereocenters. The Morgan fingerprint density at radius 1 is 1.04 bits per heavy atom. The molecule has 0 spiro atoms. The lowest BCUT2D eigenvalue weighted by molar-refractivity contribution is -0.119. The summed E-state index contributed by atoms with van der Waals surface area (Å²) in [5.41, 5.74) is 7.76. The van der Waals surface area contributed by atoms with Crippen LogP contribution in [0.1, 0.15) is 11.5 Å². The Morgan fingerprint density at radius 3 is 2.32 bits per heavy atom. The minimum Gasteiger partial charge on any atom is -0.495 e. The summed E-state index contributed by atoms with van der Waals surface area (Å²) >= 11 is 0. The van der Waals surface area contributed by atoms with E-state index in [0.29, 0.717) is 6.54 Å². The quantitative estimate of drug-likeness (QED) is 0.875. The van der Waals surface area contributed by atoms with E-state index in [-0.39, 0.29) is 11.8 Å². The van der Waals surface area contributed by atoms with Crippen molar-refractivity contribution in [1.29, 1.82) is 0 Å². The molecule has 2 aromatic carbocycles. The van der Waals surface area contributed by atoms with Gasteiger partial charge in [0.05, 0.1) is 18.7 Å². The lowest BCUT2D eigenvalue weighted by Gasteiger charge is -2.37. The Morgan fingerprint density at radius 2 is 1.68 bits per heavy atom. The van der Waals surface area contributed by atoms with E-state index in [2.05, 4.69) is 15.9 Å². The summed E-state index contributed by atoms with van der Waals surface area (Å²) < 4.78 is 5.46. The zero-order valence-corrected chi connectivity index (χ0v) is 14.6. The van der Waals surface area contributed by atoms with Gasteiger partial charge >= 0.3 is 0 Å². The highest BCUT2D eigenvalue weighted by Gasteiger charge is 2.25. The number of primary amides is 1. The van der Waals surface area contributed by atoms with Gasteiger partial charge in [-0.1, -0.05) is 42.5 Å². The Bertz CT molecular complexity index is 697. The summed E-state index contributed by atoms with van der Waals surface area (Å²) in [6.07, 6.45) is 0. The van der Waals surface area contributed by atoms with Crippen LogP contribution in [0.2, 0.25) is 0 Å². The molecular weight excluding hydrogens is 314 g/mol. The number of amides is 1. The van der Waals surface area contributed by atoms with Crippen molar-refractivity contribution in [2.24, 2.45) is 5.73 Å². The molecule has 1 heterocycles. The van der Waals surface area contributed by atoms with Crippen LogP contribution in [0, 0.1) is 0 Å². The van der Waals surface area contributed by atoms with Crippen molar-refractivity contribution in [2.45, 2.75) is 5.92 Å². The van der Waals surface area contributed by atoms with Crippen LogP contribution < -0.4 is 15.4 Å². The lowest BCUT2D eigenvalue weighted by atomic mass is 9.97. The van der Waals surface area contributed by atoms with E-state index < -0.39 is 0 Å². The number of nitrogens with two attached hydrogens (primary N) is 1. The number of methoxy groups -OCH3 is 1. The smallest absolute Gasteiger partial charge is 0.226 e. The van der Waals surface area contributed by atoms with E-state index in [1.165, 1.54) is 0 Å². The number of hydrogen-bond donors (Lipinski definition) is 1. The highest BCUT2D eigenvalue weighted by Crippen LogP contribution is 2.28. The average Bonchev–Trinajstić information content (AvgIpc) is 2.67. The highest BCUT2D eigenvalue weighted by molar-refractivity contribution is 5.82. The van der Waals surface area contributed by atoms with Crippen LogP contribution in [0.3, 0.4) is 0 Å². The minimum absolute atomic E-state index is 0.265. The fraction of sp³-hybridized carbons (Fsp3) is 0.350. The Balaban J connectivity index is 1.63. The van der Waals surface area contributed by atoms with Gasteiger partial charge in [-0.25, -0.2) is 0 Å². The maximum Gasteiger partial charge on any atom is 0.226 e. The molecule has 25 heavy (non-hydrogen) atoms. The normalized spacial score (nSPS) is 16.4. The lowest BCUT2D eigenvalue weighted by Crippen LogP contribution is -2.48. The number of para-hydroxylation sites is 2. The van der Waals surface area contributed by atoms with Crippen LogP contribution in [-0.4, -0.2) is 50.6 Å². The molecule has 2 aromatic rings. The van der Waals surface area contributed by atoms with Crippen molar-refractivity contribution in [3.63, 3.8) is 0 Å². The van der Waals surface area contributed by atoms with Crippen molar-refractivity contribution >= 4 is 11.6 Å². The van der Waals surface area contributed by atoms with Gasteiger partial charge in [0, 0.05) is 32.7 Å². The van der Waals surface area contributed by atoms with Crippen LogP contribution in [0.5, 0.6) is 5.75 Å². The first-order valence-corrected chi connectivity index (χ1v) is 8.63. The topological polar surface area (TPSA) is 58.8 Å². The monoisotopic (exact) mass is 339 g/mol. The van der Waals surface area contributed by atoms with Gasteiger partial charge in [0.25, 0.3) is 0 Å². The van der Waals surface area contributed by atoms with E-state index in [1.54, 1.807) is 7.11 Å². The molecule has 1 atom stereocenters. The summed E-state index contributed by atoms with van der Waals surface area (Å²) in [5.74, 6) is 0.368. The molecule has 1 fully saturated rings. The van der Waals surface area contributed by atoms with Crippen LogP contribution in [0.15, 0.2) is 54.6 Å². The molecule has 0 bridgehead atoms. The number of anilines is 1. The second-order valence-electron chi connectivity index (χ2n) is 6.33. The Kier molecular flexibility index (Phi) is 5.56. The Hall–Kier alpha value is -2.53. The number of carbonyl (C=O) groups excluding carboxylic acids is 1. The van der Waals surface area contributed by atoms with Crippen molar-refractivity contribution in [3.8, 4) is 5.75 Å². The number of ether oxygens (including phenoxy) is 1. The molecule has 0 aliphatic carbocycles. The van der Waals surface area contributed by atoms with Gasteiger partial charge in [0.2, 0.25) is 5.91 Å². The van der Waals surface area contributed by atoms with Crippen molar-refractivity contribution in [1.82, 2.24) is 4.90 Å². The maximum atomic E-state index is 11.9. The van der Waals surface area contributed by atoms with Crippen LogP contribution >= 0.6 is 0 Å². The number of rotatable bonds is 6. The molecule has 132 valence electrons. The second-order valence-corrected chi connectivity index (χ2v) is 6.33. The van der Waals surface area contributed by atoms with Gasteiger partial charge in [-0.2, -0.15) is 0 Å². The van der Waals surface area contributed by atoms with E-state index in [0.717, 1.165) is 43.2 Å². The number of hydrogen-bond acceptors (Lipinski definition) is 4. The molecule has 0 saturated carbocycles. The summed E-state index contributed by atoms with van der Waals surface area (Å²) in [6.45, 7) is 4.27. The predicted molar refractivity (Wildman–Crippen MR) is 100 cm³/mol. The molecular formula is C20H25N3O2. The second kappa shape index (κ2) is 8.03. The summed E-state index contributed by atoms with van der Waals surface area (Å²) in [6, 6.07) is 17.9. The molecule has 1 saturated heterocycles. The third-order valence-corrected chi connectivity index (χ3v) is 4.78. The zero-order valence-electron chi connectivity index (χ0n) is 14.6. The number of piperazine rings is 1. The largest absolute Gasteiger partial charge is 0.495 e. The summed E-state index contributed by atoms with van der Waals surface area (Å²) in [7, 11) is 1.70.